The van der Waals surface area contributed by atoms with E-state index in [-0.39, 0.29) is 23.5 Å². The van der Waals surface area contributed by atoms with Crippen molar-refractivity contribution in [3.8, 4) is 11.3 Å². The topological polar surface area (TPSA) is 62.3 Å². The number of piperidine rings is 1. The molecule has 1 aromatic heterocycles. The zero-order chi connectivity index (χ0) is 19.0. The Morgan fingerprint density at radius 2 is 2.00 bits per heavy atom. The minimum Gasteiger partial charge on any atom is -0.330 e. The first-order valence-corrected chi connectivity index (χ1v) is 10.2. The summed E-state index contributed by atoms with van der Waals surface area (Å²) in [7, 11) is 0. The second kappa shape index (κ2) is 7.38. The number of carbonyl (C=O) groups excluding carboxylic acids is 2. The molecule has 1 aliphatic carbocycles. The summed E-state index contributed by atoms with van der Waals surface area (Å²) in [6.07, 6.45) is 3.51. The van der Waals surface area contributed by atoms with Crippen LogP contribution in [-0.2, 0) is 9.59 Å². The molecule has 2 heterocycles. The highest BCUT2D eigenvalue weighted by Gasteiger charge is 2.44. The van der Waals surface area contributed by atoms with E-state index in [9.17, 15) is 14.0 Å². The van der Waals surface area contributed by atoms with Gasteiger partial charge < -0.3 is 10.2 Å². The summed E-state index contributed by atoms with van der Waals surface area (Å²) in [5.41, 5.74) is 1.49. The Morgan fingerprint density at radius 1 is 1.26 bits per heavy atom. The third kappa shape index (κ3) is 3.88. The van der Waals surface area contributed by atoms with Crippen LogP contribution in [0.4, 0.5) is 9.52 Å². The highest BCUT2D eigenvalue weighted by atomic mass is 32.1. The van der Waals surface area contributed by atoms with Crippen molar-refractivity contribution >= 4 is 28.3 Å². The summed E-state index contributed by atoms with van der Waals surface area (Å²) in [5.74, 6) is 0.170. The molecule has 0 spiro atoms. The van der Waals surface area contributed by atoms with Gasteiger partial charge in [0.05, 0.1) is 5.69 Å². The first kappa shape index (κ1) is 18.1. The molecule has 0 unspecified atom stereocenters. The normalized spacial score (nSPS) is 24.5. The van der Waals surface area contributed by atoms with Gasteiger partial charge >= 0.3 is 0 Å². The number of carbonyl (C=O) groups is 2. The number of rotatable bonds is 4. The van der Waals surface area contributed by atoms with Gasteiger partial charge in [-0.3, -0.25) is 9.59 Å². The van der Waals surface area contributed by atoms with Gasteiger partial charge in [-0.25, -0.2) is 9.37 Å². The van der Waals surface area contributed by atoms with E-state index in [2.05, 4.69) is 17.2 Å². The number of hydrogen-bond donors (Lipinski definition) is 1. The van der Waals surface area contributed by atoms with Crippen LogP contribution >= 0.6 is 11.3 Å². The minimum atomic E-state index is -0.419. The van der Waals surface area contributed by atoms with Gasteiger partial charge in [0.15, 0.2) is 5.13 Å². The SMILES string of the molecule is C[C@@H]1C[C@H]1C(=O)N1CCCC[C@@H]1C(=O)Nc1nc(-c2ccc(F)cc2)cs1. The van der Waals surface area contributed by atoms with Gasteiger partial charge in [0, 0.05) is 23.4 Å². The molecule has 2 aliphatic rings. The quantitative estimate of drug-likeness (QED) is 0.865. The minimum absolute atomic E-state index is 0.0864. The molecule has 2 aromatic rings. The highest BCUT2D eigenvalue weighted by Crippen LogP contribution is 2.40. The average Bonchev–Trinajstić information content (AvgIpc) is 3.23. The van der Waals surface area contributed by atoms with Crippen molar-refractivity contribution in [1.82, 2.24) is 9.88 Å². The third-order valence-corrected chi connectivity index (χ3v) is 6.15. The number of aromatic nitrogens is 1. The van der Waals surface area contributed by atoms with Gasteiger partial charge in [-0.15, -0.1) is 11.3 Å². The smallest absolute Gasteiger partial charge is 0.248 e. The monoisotopic (exact) mass is 387 g/mol. The van der Waals surface area contributed by atoms with Gasteiger partial charge in [-0.05, 0) is 55.9 Å². The van der Waals surface area contributed by atoms with Gasteiger partial charge in [-0.1, -0.05) is 6.92 Å². The van der Waals surface area contributed by atoms with E-state index in [1.54, 1.807) is 17.0 Å². The number of benzene rings is 1. The molecule has 3 atom stereocenters. The van der Waals surface area contributed by atoms with Crippen LogP contribution in [0.5, 0.6) is 0 Å². The van der Waals surface area contributed by atoms with E-state index in [4.69, 9.17) is 0 Å². The number of nitrogens with zero attached hydrogens (tertiary/aromatic N) is 2. The number of halogens is 1. The second-order valence-corrected chi connectivity index (χ2v) is 8.25. The van der Waals surface area contributed by atoms with E-state index < -0.39 is 6.04 Å². The average molecular weight is 387 g/mol. The van der Waals surface area contributed by atoms with Crippen molar-refractivity contribution in [2.75, 3.05) is 11.9 Å². The first-order chi connectivity index (χ1) is 13.0. The first-order valence-electron chi connectivity index (χ1n) is 9.36. The predicted octanol–water partition coefficient (Wildman–Crippen LogP) is 3.92. The van der Waals surface area contributed by atoms with Crippen molar-refractivity contribution in [3.63, 3.8) is 0 Å². The summed E-state index contributed by atoms with van der Waals surface area (Å²) in [6, 6.07) is 5.68. The number of thiazole rings is 1. The lowest BCUT2D eigenvalue weighted by atomic mass is 10.0. The summed E-state index contributed by atoms with van der Waals surface area (Å²) < 4.78 is 13.1. The van der Waals surface area contributed by atoms with Crippen LogP contribution in [-0.4, -0.2) is 34.3 Å². The lowest BCUT2D eigenvalue weighted by Gasteiger charge is -2.34. The number of amides is 2. The summed E-state index contributed by atoms with van der Waals surface area (Å²) >= 11 is 1.33. The molecule has 142 valence electrons. The standard InChI is InChI=1S/C20H22FN3O2S/c1-12-10-15(12)19(26)24-9-3-2-4-17(24)18(25)23-20-22-16(11-27-20)13-5-7-14(21)8-6-13/h5-8,11-12,15,17H,2-4,9-10H2,1H3,(H,22,23,25)/t12-,15-,17-/m1/s1. The van der Waals surface area contributed by atoms with Crippen LogP contribution in [0.2, 0.25) is 0 Å². The Hall–Kier alpha value is -2.28. The second-order valence-electron chi connectivity index (χ2n) is 7.40. The van der Waals surface area contributed by atoms with Crippen molar-refractivity contribution in [1.29, 1.82) is 0 Å². The van der Waals surface area contributed by atoms with Crippen LogP contribution < -0.4 is 5.32 Å². The van der Waals surface area contributed by atoms with Crippen molar-refractivity contribution in [2.45, 2.75) is 38.6 Å². The molecule has 1 N–H and O–H groups in total. The van der Waals surface area contributed by atoms with Gasteiger partial charge in [0.25, 0.3) is 0 Å². The summed E-state index contributed by atoms with van der Waals surface area (Å²) in [5, 5.41) is 5.20. The van der Waals surface area contributed by atoms with E-state index in [0.717, 1.165) is 24.8 Å². The van der Waals surface area contributed by atoms with E-state index >= 15 is 0 Å². The highest BCUT2D eigenvalue weighted by molar-refractivity contribution is 7.14. The Labute approximate surface area is 161 Å². The molecule has 1 aliphatic heterocycles. The molecular weight excluding hydrogens is 365 g/mol. The number of anilines is 1. The number of nitrogens with one attached hydrogen (secondary N) is 1. The van der Waals surface area contributed by atoms with Gasteiger partial charge in [0.1, 0.15) is 11.9 Å². The van der Waals surface area contributed by atoms with Gasteiger partial charge in [-0.2, -0.15) is 0 Å². The zero-order valence-corrected chi connectivity index (χ0v) is 16.0. The molecule has 5 nitrogen and oxygen atoms in total. The zero-order valence-electron chi connectivity index (χ0n) is 15.2. The molecule has 1 saturated heterocycles. The number of hydrogen-bond acceptors (Lipinski definition) is 4. The lowest BCUT2D eigenvalue weighted by Crippen LogP contribution is -2.50. The molecular formula is C20H22FN3O2S. The molecule has 0 radical (unpaired) electrons. The lowest BCUT2D eigenvalue weighted by molar-refractivity contribution is -0.141. The van der Waals surface area contributed by atoms with Crippen molar-refractivity contribution < 1.29 is 14.0 Å². The molecule has 1 aromatic carbocycles. The maximum absolute atomic E-state index is 13.1. The Morgan fingerprint density at radius 3 is 2.70 bits per heavy atom. The molecule has 7 heteroatoms. The maximum atomic E-state index is 13.1. The van der Waals surface area contributed by atoms with Crippen LogP contribution in [0, 0.1) is 17.7 Å². The molecule has 1 saturated carbocycles. The third-order valence-electron chi connectivity index (χ3n) is 5.39. The van der Waals surface area contributed by atoms with Gasteiger partial charge in [0.2, 0.25) is 11.8 Å². The van der Waals surface area contributed by atoms with E-state index in [1.807, 2.05) is 5.38 Å². The molecule has 2 amide bonds. The van der Waals surface area contributed by atoms with E-state index in [0.29, 0.717) is 29.7 Å². The van der Waals surface area contributed by atoms with Crippen LogP contribution in [0.3, 0.4) is 0 Å². The Bertz CT molecular complexity index is 851. The van der Waals surface area contributed by atoms with Crippen LogP contribution in [0.1, 0.15) is 32.6 Å². The fourth-order valence-electron chi connectivity index (χ4n) is 3.62. The Kier molecular flexibility index (Phi) is 4.95. The fourth-order valence-corrected chi connectivity index (χ4v) is 4.34. The Balaban J connectivity index is 1.44. The van der Waals surface area contributed by atoms with Crippen LogP contribution in [0.25, 0.3) is 11.3 Å². The summed E-state index contributed by atoms with van der Waals surface area (Å²) in [4.78, 5) is 31.7. The molecule has 4 rings (SSSR count). The fraction of sp³-hybridized carbons (Fsp3) is 0.450. The number of likely N-dealkylation sites (tertiary alicyclic amines) is 1. The van der Waals surface area contributed by atoms with E-state index in [1.165, 1.54) is 23.5 Å². The molecule has 2 fully saturated rings. The molecule has 27 heavy (non-hydrogen) atoms. The maximum Gasteiger partial charge on any atom is 0.248 e. The van der Waals surface area contributed by atoms with Crippen LogP contribution in [0.15, 0.2) is 29.6 Å². The summed E-state index contributed by atoms with van der Waals surface area (Å²) in [6.45, 7) is 2.73. The largest absolute Gasteiger partial charge is 0.330 e. The van der Waals surface area contributed by atoms with Crippen molar-refractivity contribution in [3.05, 3.63) is 35.5 Å². The molecule has 0 bridgehead atoms. The van der Waals surface area contributed by atoms with Crippen molar-refractivity contribution in [2.24, 2.45) is 11.8 Å². The predicted molar refractivity (Wildman–Crippen MR) is 103 cm³/mol.